The van der Waals surface area contributed by atoms with Gasteiger partial charge in [0.05, 0.1) is 11.3 Å². The van der Waals surface area contributed by atoms with Crippen LogP contribution in [0, 0.1) is 6.92 Å². The number of hydrogen-bond donors (Lipinski definition) is 1. The van der Waals surface area contributed by atoms with Crippen molar-refractivity contribution in [3.8, 4) is 11.6 Å². The fraction of sp³-hybridized carbons (Fsp3) is 0.500. The number of aromatic nitrogens is 2. The Kier molecular flexibility index (Phi) is 4.98. The van der Waals surface area contributed by atoms with Gasteiger partial charge < -0.3 is 15.0 Å². The van der Waals surface area contributed by atoms with E-state index in [9.17, 15) is 0 Å². The van der Waals surface area contributed by atoms with Crippen LogP contribution >= 0.6 is 0 Å². The van der Waals surface area contributed by atoms with Crippen LogP contribution in [0.5, 0.6) is 11.6 Å². The lowest BCUT2D eigenvalue weighted by Crippen LogP contribution is -2.43. The molecule has 0 unspecified atom stereocenters. The normalized spacial score (nSPS) is 19.0. The van der Waals surface area contributed by atoms with Gasteiger partial charge in [-0.1, -0.05) is 18.2 Å². The summed E-state index contributed by atoms with van der Waals surface area (Å²) in [5.74, 6) is 1.67. The van der Waals surface area contributed by atoms with Crippen molar-refractivity contribution in [2.45, 2.75) is 32.4 Å². The number of rotatable bonds is 5. The molecule has 2 aromatic rings. The van der Waals surface area contributed by atoms with E-state index < -0.39 is 0 Å². The molecule has 1 N–H and O–H groups in total. The lowest BCUT2D eigenvalue weighted by molar-refractivity contribution is 0.226. The molecule has 0 spiro atoms. The van der Waals surface area contributed by atoms with Crippen molar-refractivity contribution in [1.82, 2.24) is 20.0 Å². The van der Waals surface area contributed by atoms with Crippen molar-refractivity contribution in [2.75, 3.05) is 20.1 Å². The molecule has 2 heterocycles. The summed E-state index contributed by atoms with van der Waals surface area (Å²) in [6.07, 6.45) is 2.49. The number of piperidine rings is 1. The fourth-order valence-corrected chi connectivity index (χ4v) is 3.19. The second kappa shape index (κ2) is 7.15. The molecule has 1 aromatic carbocycles. The number of likely N-dealkylation sites (N-methyl/N-ethyl adjacent to an activating group) is 1. The van der Waals surface area contributed by atoms with Crippen LogP contribution in [0.25, 0.3) is 0 Å². The van der Waals surface area contributed by atoms with E-state index in [4.69, 9.17) is 4.74 Å². The predicted molar refractivity (Wildman–Crippen MR) is 91.8 cm³/mol. The number of hydrogen-bond acceptors (Lipinski definition) is 4. The molecule has 124 valence electrons. The maximum Gasteiger partial charge on any atom is 0.222 e. The van der Waals surface area contributed by atoms with E-state index in [-0.39, 0.29) is 0 Å². The number of nitrogens with zero attached hydrogens (tertiary/aromatic N) is 3. The standard InChI is InChI=1S/C18H26N4O/c1-14-17(12-19-15-8-7-11-21(2)13-15)18(22(3)20-14)23-16-9-5-4-6-10-16/h4-6,9-10,15,19H,7-8,11-13H2,1-3H3/t15-/m0/s1. The average molecular weight is 314 g/mol. The molecule has 1 aliphatic rings. The molecule has 1 atom stereocenters. The van der Waals surface area contributed by atoms with E-state index in [1.807, 2.05) is 49.0 Å². The lowest BCUT2D eigenvalue weighted by atomic mass is 10.1. The maximum absolute atomic E-state index is 6.07. The average Bonchev–Trinajstić information content (AvgIpc) is 2.80. The zero-order valence-corrected chi connectivity index (χ0v) is 14.2. The molecule has 0 aliphatic carbocycles. The van der Waals surface area contributed by atoms with E-state index in [0.29, 0.717) is 6.04 Å². The largest absolute Gasteiger partial charge is 0.439 e. The van der Waals surface area contributed by atoms with Gasteiger partial charge in [-0.05, 0) is 45.5 Å². The Labute approximate surface area is 138 Å². The van der Waals surface area contributed by atoms with Gasteiger partial charge in [0.2, 0.25) is 5.88 Å². The van der Waals surface area contributed by atoms with Gasteiger partial charge in [0.15, 0.2) is 0 Å². The minimum atomic E-state index is 0.540. The van der Waals surface area contributed by atoms with Gasteiger partial charge in [-0.15, -0.1) is 0 Å². The summed E-state index contributed by atoms with van der Waals surface area (Å²) in [5, 5.41) is 8.20. The third kappa shape index (κ3) is 3.92. The maximum atomic E-state index is 6.07. The Hall–Kier alpha value is -1.85. The third-order valence-electron chi connectivity index (χ3n) is 4.44. The fourth-order valence-electron chi connectivity index (χ4n) is 3.19. The molecule has 1 aromatic heterocycles. The summed E-state index contributed by atoms with van der Waals surface area (Å²) in [5.41, 5.74) is 2.17. The van der Waals surface area contributed by atoms with Crippen LogP contribution in [-0.4, -0.2) is 40.9 Å². The summed E-state index contributed by atoms with van der Waals surface area (Å²) in [6, 6.07) is 10.4. The van der Waals surface area contributed by atoms with E-state index in [2.05, 4.69) is 22.4 Å². The van der Waals surface area contributed by atoms with Crippen molar-refractivity contribution >= 4 is 0 Å². The number of ether oxygens (including phenoxy) is 1. The Bertz CT molecular complexity index is 638. The highest BCUT2D eigenvalue weighted by Crippen LogP contribution is 2.27. The zero-order chi connectivity index (χ0) is 16.2. The molecule has 1 fully saturated rings. The summed E-state index contributed by atoms with van der Waals surface area (Å²) >= 11 is 0. The number of likely N-dealkylation sites (tertiary alicyclic amines) is 1. The molecule has 23 heavy (non-hydrogen) atoms. The van der Waals surface area contributed by atoms with Crippen molar-refractivity contribution in [1.29, 1.82) is 0 Å². The minimum Gasteiger partial charge on any atom is -0.439 e. The van der Waals surface area contributed by atoms with Crippen LogP contribution < -0.4 is 10.1 Å². The van der Waals surface area contributed by atoms with Crippen molar-refractivity contribution in [2.24, 2.45) is 7.05 Å². The molecule has 0 saturated carbocycles. The van der Waals surface area contributed by atoms with Crippen LogP contribution in [0.2, 0.25) is 0 Å². The van der Waals surface area contributed by atoms with Crippen LogP contribution in [-0.2, 0) is 13.6 Å². The van der Waals surface area contributed by atoms with Crippen LogP contribution in [0.1, 0.15) is 24.1 Å². The van der Waals surface area contributed by atoms with Gasteiger partial charge in [0, 0.05) is 26.2 Å². The SMILES string of the molecule is Cc1nn(C)c(Oc2ccccc2)c1CN[C@H]1CCCN(C)C1. The first kappa shape index (κ1) is 16.0. The Balaban J connectivity index is 1.71. The van der Waals surface area contributed by atoms with Crippen LogP contribution in [0.3, 0.4) is 0 Å². The van der Waals surface area contributed by atoms with Gasteiger partial charge in [0.25, 0.3) is 0 Å². The Morgan fingerprint density at radius 2 is 2.04 bits per heavy atom. The third-order valence-corrected chi connectivity index (χ3v) is 4.44. The molecule has 5 nitrogen and oxygen atoms in total. The number of aryl methyl sites for hydroxylation is 2. The summed E-state index contributed by atoms with van der Waals surface area (Å²) in [6.45, 7) is 5.14. The number of nitrogens with one attached hydrogen (secondary N) is 1. The molecule has 0 radical (unpaired) electrons. The monoisotopic (exact) mass is 314 g/mol. The summed E-state index contributed by atoms with van der Waals surface area (Å²) in [7, 11) is 4.12. The molecule has 5 heteroatoms. The quantitative estimate of drug-likeness (QED) is 0.921. The Morgan fingerprint density at radius 1 is 1.26 bits per heavy atom. The molecule has 3 rings (SSSR count). The lowest BCUT2D eigenvalue weighted by Gasteiger charge is -2.30. The first-order chi connectivity index (χ1) is 11.1. The van der Waals surface area contributed by atoms with Gasteiger partial charge in [-0.3, -0.25) is 0 Å². The highest BCUT2D eigenvalue weighted by molar-refractivity contribution is 5.35. The van der Waals surface area contributed by atoms with E-state index in [0.717, 1.165) is 36.0 Å². The van der Waals surface area contributed by atoms with Gasteiger partial charge in [-0.2, -0.15) is 5.10 Å². The number of benzene rings is 1. The van der Waals surface area contributed by atoms with Crippen molar-refractivity contribution < 1.29 is 4.74 Å². The molecule has 1 saturated heterocycles. The van der Waals surface area contributed by atoms with Gasteiger partial charge in [0.1, 0.15) is 5.75 Å². The highest BCUT2D eigenvalue weighted by Gasteiger charge is 2.20. The molecular weight excluding hydrogens is 288 g/mol. The molecule has 0 amide bonds. The second-order valence-electron chi connectivity index (χ2n) is 6.39. The van der Waals surface area contributed by atoms with Gasteiger partial charge in [-0.25, -0.2) is 4.68 Å². The first-order valence-electron chi connectivity index (χ1n) is 8.31. The highest BCUT2D eigenvalue weighted by atomic mass is 16.5. The minimum absolute atomic E-state index is 0.540. The Morgan fingerprint density at radius 3 is 2.78 bits per heavy atom. The number of para-hydroxylation sites is 1. The van der Waals surface area contributed by atoms with Crippen molar-refractivity contribution in [3.63, 3.8) is 0 Å². The van der Waals surface area contributed by atoms with E-state index in [1.54, 1.807) is 0 Å². The summed E-state index contributed by atoms with van der Waals surface area (Å²) < 4.78 is 7.90. The topological polar surface area (TPSA) is 42.3 Å². The molecular formula is C18H26N4O. The van der Waals surface area contributed by atoms with Crippen molar-refractivity contribution in [3.05, 3.63) is 41.6 Å². The first-order valence-corrected chi connectivity index (χ1v) is 8.31. The molecule has 0 bridgehead atoms. The van der Waals surface area contributed by atoms with E-state index >= 15 is 0 Å². The summed E-state index contributed by atoms with van der Waals surface area (Å²) in [4.78, 5) is 2.39. The second-order valence-corrected chi connectivity index (χ2v) is 6.39. The molecule has 1 aliphatic heterocycles. The van der Waals surface area contributed by atoms with E-state index in [1.165, 1.54) is 19.4 Å². The smallest absolute Gasteiger partial charge is 0.222 e. The van der Waals surface area contributed by atoms with Gasteiger partial charge >= 0.3 is 0 Å². The predicted octanol–water partition coefficient (Wildman–Crippen LogP) is 2.70. The zero-order valence-electron chi connectivity index (χ0n) is 14.2. The van der Waals surface area contributed by atoms with Crippen LogP contribution in [0.15, 0.2) is 30.3 Å². The van der Waals surface area contributed by atoms with Crippen LogP contribution in [0.4, 0.5) is 0 Å².